The van der Waals surface area contributed by atoms with Crippen LogP contribution in [-0.2, 0) is 0 Å². The molecule has 4 nitrogen and oxygen atoms in total. The van der Waals surface area contributed by atoms with Crippen molar-refractivity contribution in [1.29, 1.82) is 0 Å². The van der Waals surface area contributed by atoms with E-state index in [-0.39, 0.29) is 31.6 Å². The van der Waals surface area contributed by atoms with E-state index in [4.69, 9.17) is 33.7 Å². The second-order valence-corrected chi connectivity index (χ2v) is 7.87. The van der Waals surface area contributed by atoms with Crippen molar-refractivity contribution in [3.8, 4) is 5.75 Å². The van der Waals surface area contributed by atoms with Gasteiger partial charge in [-0.3, -0.25) is 4.99 Å². The van der Waals surface area contributed by atoms with E-state index < -0.39 is 11.9 Å². The van der Waals surface area contributed by atoms with Gasteiger partial charge in [-0.25, -0.2) is 9.37 Å². The maximum absolute atomic E-state index is 13.7. The summed E-state index contributed by atoms with van der Waals surface area (Å²) in [6, 6.07) is 4.44. The fourth-order valence-electron chi connectivity index (χ4n) is 2.27. The number of nitrogen functional groups attached to an aromatic ring is 1. The zero-order valence-corrected chi connectivity index (χ0v) is 16.7. The number of halogens is 4. The Hall–Kier alpha value is -1.51. The molecule has 130 valence electrons. The fraction of sp³-hybridized carbons (Fsp3) is 0.118. The lowest BCUT2D eigenvalue weighted by Crippen LogP contribution is -2.08. The van der Waals surface area contributed by atoms with Gasteiger partial charge < -0.3 is 10.5 Å². The second-order valence-electron chi connectivity index (χ2n) is 5.19. The first-order valence-electron chi connectivity index (χ1n) is 7.20. The van der Waals surface area contributed by atoms with Gasteiger partial charge in [-0.1, -0.05) is 43.9 Å². The number of pyridine rings is 1. The SMILES string of the molecule is CC(Oc1cc(C2=CN=CI=C2)cnc1N)c1c(Cl)ccc(F)c1Cl. The molecule has 0 aliphatic carbocycles. The van der Waals surface area contributed by atoms with Crippen LogP contribution in [0.1, 0.15) is 24.2 Å². The van der Waals surface area contributed by atoms with E-state index in [9.17, 15) is 4.39 Å². The highest BCUT2D eigenvalue weighted by Gasteiger charge is 2.20. The first-order chi connectivity index (χ1) is 12.0. The largest absolute Gasteiger partial charge is 0.482 e. The van der Waals surface area contributed by atoms with Crippen LogP contribution in [0.25, 0.3) is 5.57 Å². The van der Waals surface area contributed by atoms with Gasteiger partial charge in [0.25, 0.3) is 0 Å². The molecule has 1 aromatic heterocycles. The van der Waals surface area contributed by atoms with Gasteiger partial charge in [0, 0.05) is 34.1 Å². The number of benzene rings is 1. The highest BCUT2D eigenvalue weighted by atomic mass is 127. The lowest BCUT2D eigenvalue weighted by Gasteiger charge is -2.19. The zero-order valence-electron chi connectivity index (χ0n) is 13.0. The molecule has 0 saturated heterocycles. The smallest absolute Gasteiger partial charge is 0.166 e. The molecular formula is C17H13Cl2FIN3O. The van der Waals surface area contributed by atoms with Crippen molar-refractivity contribution in [2.45, 2.75) is 13.0 Å². The number of nitrogens with zero attached hydrogens (tertiary/aromatic N) is 2. The van der Waals surface area contributed by atoms with Crippen molar-refractivity contribution in [3.05, 3.63) is 57.6 Å². The number of allylic oxidation sites excluding steroid dienone is 1. The molecule has 2 N–H and O–H groups in total. The molecule has 1 aliphatic heterocycles. The molecule has 1 aliphatic rings. The Bertz CT molecular complexity index is 915. The lowest BCUT2D eigenvalue weighted by atomic mass is 10.1. The lowest BCUT2D eigenvalue weighted by molar-refractivity contribution is 0.227. The highest BCUT2D eigenvalue weighted by molar-refractivity contribution is 14.2. The van der Waals surface area contributed by atoms with Crippen LogP contribution in [0.5, 0.6) is 5.75 Å². The zero-order chi connectivity index (χ0) is 18.0. The van der Waals surface area contributed by atoms with Crippen molar-refractivity contribution in [1.82, 2.24) is 4.98 Å². The van der Waals surface area contributed by atoms with Gasteiger partial charge in [0.2, 0.25) is 0 Å². The molecule has 0 radical (unpaired) electrons. The Morgan fingerprint density at radius 3 is 2.84 bits per heavy atom. The second kappa shape index (κ2) is 7.80. The van der Waals surface area contributed by atoms with Gasteiger partial charge in [0.15, 0.2) is 11.6 Å². The summed E-state index contributed by atoms with van der Waals surface area (Å²) in [4.78, 5) is 8.36. The molecule has 2 heterocycles. The van der Waals surface area contributed by atoms with Gasteiger partial charge in [-0.2, -0.15) is 0 Å². The van der Waals surface area contributed by atoms with E-state index in [1.54, 1.807) is 25.4 Å². The van der Waals surface area contributed by atoms with Gasteiger partial charge in [-0.05, 0) is 29.1 Å². The van der Waals surface area contributed by atoms with Gasteiger partial charge >= 0.3 is 0 Å². The third-order valence-electron chi connectivity index (χ3n) is 3.51. The van der Waals surface area contributed by atoms with Crippen molar-refractivity contribution in [3.63, 3.8) is 0 Å². The molecule has 1 aromatic carbocycles. The topological polar surface area (TPSA) is 60.5 Å². The average Bonchev–Trinajstić information content (AvgIpc) is 2.61. The Labute approximate surface area is 164 Å². The number of nitrogens with two attached hydrogens (primary N) is 1. The molecule has 1 unspecified atom stereocenters. The monoisotopic (exact) mass is 491 g/mol. The molecule has 2 aromatic rings. The molecule has 0 fully saturated rings. The Kier molecular flexibility index (Phi) is 5.71. The van der Waals surface area contributed by atoms with Gasteiger partial charge in [0.05, 0.1) is 9.24 Å². The van der Waals surface area contributed by atoms with Crippen molar-refractivity contribution < 1.29 is 9.13 Å². The van der Waals surface area contributed by atoms with Crippen LogP contribution in [0.4, 0.5) is 10.2 Å². The number of rotatable bonds is 4. The molecule has 0 spiro atoms. The summed E-state index contributed by atoms with van der Waals surface area (Å²) in [5.74, 6) is 0.0532. The van der Waals surface area contributed by atoms with Gasteiger partial charge in [0.1, 0.15) is 11.9 Å². The van der Waals surface area contributed by atoms with Gasteiger partial charge in [-0.15, -0.1) is 0 Å². The fourth-order valence-corrected chi connectivity index (χ4v) is 4.37. The highest BCUT2D eigenvalue weighted by Crippen LogP contribution is 2.36. The Balaban J connectivity index is 1.93. The summed E-state index contributed by atoms with van der Waals surface area (Å²) in [7, 11) is 0. The quantitative estimate of drug-likeness (QED) is 0.459. The van der Waals surface area contributed by atoms with Crippen LogP contribution in [-0.4, -0.2) is 13.2 Å². The van der Waals surface area contributed by atoms with Crippen LogP contribution >= 0.6 is 43.9 Å². The average molecular weight is 492 g/mol. The Morgan fingerprint density at radius 1 is 1.32 bits per heavy atom. The molecule has 8 heteroatoms. The van der Waals surface area contributed by atoms with Crippen LogP contribution < -0.4 is 10.5 Å². The van der Waals surface area contributed by atoms with E-state index >= 15 is 0 Å². The van der Waals surface area contributed by atoms with Crippen molar-refractivity contribution >= 4 is 63.6 Å². The van der Waals surface area contributed by atoms with E-state index in [0.717, 1.165) is 11.1 Å². The number of ether oxygens (including phenoxy) is 1. The molecule has 25 heavy (non-hydrogen) atoms. The van der Waals surface area contributed by atoms with Crippen LogP contribution in [0.3, 0.4) is 0 Å². The molecule has 3 rings (SSSR count). The normalized spacial score (nSPS) is 14.6. The number of aromatic nitrogens is 1. The number of aliphatic imine (C=N–C) groups is 1. The van der Waals surface area contributed by atoms with E-state index in [1.807, 2.05) is 4.22 Å². The Morgan fingerprint density at radius 2 is 2.12 bits per heavy atom. The van der Waals surface area contributed by atoms with Crippen LogP contribution in [0, 0.1) is 5.82 Å². The van der Waals surface area contributed by atoms with Crippen LogP contribution in [0.15, 0.2) is 35.6 Å². The summed E-state index contributed by atoms with van der Waals surface area (Å²) in [5.41, 5.74) is 8.12. The summed E-state index contributed by atoms with van der Waals surface area (Å²) in [6.07, 6.45) is 2.83. The third-order valence-corrected chi connectivity index (χ3v) is 5.90. The predicted molar refractivity (Wildman–Crippen MR) is 111 cm³/mol. The first-order valence-corrected chi connectivity index (χ1v) is 10.4. The molecule has 0 bridgehead atoms. The van der Waals surface area contributed by atoms with Crippen LogP contribution in [0.2, 0.25) is 10.0 Å². The summed E-state index contributed by atoms with van der Waals surface area (Å²) < 4.78 is 23.7. The summed E-state index contributed by atoms with van der Waals surface area (Å²) >= 11 is 12.0. The standard InChI is InChI=1S/C17H13Cl2FIN3O/c1-9(15-12(18)2-3-13(20)16(15)19)25-14-4-10(7-24-17(14)22)11-5-21-8-23-6-11/h2-9H,1H3,(H2,22,24). The molecule has 0 amide bonds. The molecular weight excluding hydrogens is 479 g/mol. The number of anilines is 1. The minimum atomic E-state index is -0.607. The van der Waals surface area contributed by atoms with E-state index in [2.05, 4.69) is 14.0 Å². The maximum Gasteiger partial charge on any atom is 0.166 e. The van der Waals surface area contributed by atoms with Crippen molar-refractivity contribution in [2.75, 3.05) is 5.73 Å². The maximum atomic E-state index is 13.7. The summed E-state index contributed by atoms with van der Waals surface area (Å²) in [5, 5.41) is 0.258. The third kappa shape index (κ3) is 4.02. The minimum absolute atomic E-state index is 0.0647. The summed E-state index contributed by atoms with van der Waals surface area (Å²) in [6.45, 7) is 1.72. The molecule has 1 atom stereocenters. The minimum Gasteiger partial charge on any atom is -0.482 e. The molecule has 0 saturated carbocycles. The predicted octanol–water partition coefficient (Wildman–Crippen LogP) is 5.41. The first kappa shape index (κ1) is 18.3. The van der Waals surface area contributed by atoms with Crippen molar-refractivity contribution in [2.24, 2.45) is 4.99 Å². The number of hydrogen-bond acceptors (Lipinski definition) is 4. The van der Waals surface area contributed by atoms with E-state index in [0.29, 0.717) is 16.3 Å². The number of hydrogen-bond donors (Lipinski definition) is 1. The van der Waals surface area contributed by atoms with E-state index in [1.165, 1.54) is 12.1 Å².